The van der Waals surface area contributed by atoms with E-state index in [1.165, 1.54) is 0 Å². The normalized spacial score (nSPS) is 19.4. The number of hydrogen-bond acceptors (Lipinski definition) is 5. The van der Waals surface area contributed by atoms with Crippen molar-refractivity contribution < 1.29 is 23.8 Å². The maximum absolute atomic E-state index is 12.4. The van der Waals surface area contributed by atoms with Gasteiger partial charge in [0.25, 0.3) is 0 Å². The minimum Gasteiger partial charge on any atom is -0.489 e. The van der Waals surface area contributed by atoms with E-state index in [0.29, 0.717) is 19.4 Å². The molecule has 0 bridgehead atoms. The van der Waals surface area contributed by atoms with Crippen molar-refractivity contribution >= 4 is 12.1 Å². The van der Waals surface area contributed by atoms with E-state index in [-0.39, 0.29) is 11.9 Å². The molecule has 1 amide bonds. The van der Waals surface area contributed by atoms with Crippen LogP contribution in [-0.4, -0.2) is 29.8 Å². The summed E-state index contributed by atoms with van der Waals surface area (Å²) >= 11 is 0. The van der Waals surface area contributed by atoms with Crippen LogP contribution in [0, 0.1) is 5.92 Å². The average Bonchev–Trinajstić information content (AvgIpc) is 3.04. The molecule has 0 aromatic heterocycles. The topological polar surface area (TPSA) is 73.9 Å². The first-order chi connectivity index (χ1) is 14.7. The molecule has 1 N–H and O–H groups in total. The Bertz CT molecular complexity index is 890. The second-order valence-corrected chi connectivity index (χ2v) is 8.99. The molecule has 1 heterocycles. The molecule has 1 aliphatic rings. The predicted molar refractivity (Wildman–Crippen MR) is 118 cm³/mol. The molecular weight excluding hydrogens is 394 g/mol. The lowest BCUT2D eigenvalue weighted by Crippen LogP contribution is -2.46. The highest BCUT2D eigenvalue weighted by Gasteiger charge is 2.37. The maximum atomic E-state index is 12.4. The van der Waals surface area contributed by atoms with E-state index in [1.54, 1.807) is 0 Å². The van der Waals surface area contributed by atoms with Crippen molar-refractivity contribution in [3.8, 4) is 5.75 Å². The molecule has 166 valence electrons. The zero-order valence-electron chi connectivity index (χ0n) is 18.6. The van der Waals surface area contributed by atoms with Crippen molar-refractivity contribution in [3.05, 3.63) is 65.7 Å². The lowest BCUT2D eigenvalue weighted by molar-refractivity contribution is -0.144. The third-order valence-electron chi connectivity index (χ3n) is 5.01. The highest BCUT2D eigenvalue weighted by molar-refractivity contribution is 5.74. The van der Waals surface area contributed by atoms with Crippen molar-refractivity contribution in [2.24, 2.45) is 5.92 Å². The highest BCUT2D eigenvalue weighted by atomic mass is 16.6. The van der Waals surface area contributed by atoms with Gasteiger partial charge in [-0.25, -0.2) is 4.79 Å². The molecule has 2 aromatic rings. The minimum absolute atomic E-state index is 0.187. The van der Waals surface area contributed by atoms with Gasteiger partial charge in [0, 0.05) is 0 Å². The van der Waals surface area contributed by atoms with Crippen LogP contribution in [0.4, 0.5) is 4.79 Å². The second-order valence-electron chi connectivity index (χ2n) is 8.99. The smallest absolute Gasteiger partial charge is 0.408 e. The number of hydrogen-bond donors (Lipinski definition) is 1. The maximum Gasteiger partial charge on any atom is 0.408 e. The number of alkyl carbamates (subject to hydrolysis) is 1. The van der Waals surface area contributed by atoms with Crippen LogP contribution in [0.1, 0.15) is 45.2 Å². The Morgan fingerprint density at radius 2 is 1.84 bits per heavy atom. The molecule has 3 unspecified atom stereocenters. The van der Waals surface area contributed by atoms with Gasteiger partial charge in [0.1, 0.15) is 24.1 Å². The number of benzene rings is 2. The predicted octanol–water partition coefficient (Wildman–Crippen LogP) is 4.65. The molecular formula is C25H31NO5. The van der Waals surface area contributed by atoms with Gasteiger partial charge in [-0.15, -0.1) is 0 Å². The number of nitrogens with one attached hydrogen (secondary N) is 1. The summed E-state index contributed by atoms with van der Waals surface area (Å²) in [5.41, 5.74) is 1.45. The zero-order chi connectivity index (χ0) is 22.4. The summed E-state index contributed by atoms with van der Waals surface area (Å²) in [4.78, 5) is 24.4. The van der Waals surface area contributed by atoms with Gasteiger partial charge in [0.2, 0.25) is 0 Å². The van der Waals surface area contributed by atoms with Gasteiger partial charge in [0.05, 0.1) is 12.0 Å². The lowest BCUT2D eigenvalue weighted by atomic mass is 9.96. The monoisotopic (exact) mass is 425 g/mol. The van der Waals surface area contributed by atoms with E-state index >= 15 is 0 Å². The summed E-state index contributed by atoms with van der Waals surface area (Å²) in [7, 11) is 0. The molecule has 1 aliphatic heterocycles. The van der Waals surface area contributed by atoms with Crippen LogP contribution in [-0.2, 0) is 27.3 Å². The number of rotatable bonds is 7. The lowest BCUT2D eigenvalue weighted by Gasteiger charge is -2.26. The van der Waals surface area contributed by atoms with Gasteiger partial charge in [-0.2, -0.15) is 0 Å². The fraction of sp³-hybridized carbons (Fsp3) is 0.440. The molecule has 0 saturated carbocycles. The van der Waals surface area contributed by atoms with Crippen LogP contribution in [0.2, 0.25) is 0 Å². The molecule has 31 heavy (non-hydrogen) atoms. The Kier molecular flexibility index (Phi) is 7.21. The molecule has 1 fully saturated rings. The third-order valence-corrected chi connectivity index (χ3v) is 5.01. The van der Waals surface area contributed by atoms with E-state index in [9.17, 15) is 9.59 Å². The minimum atomic E-state index is -0.612. The highest BCUT2D eigenvalue weighted by Crippen LogP contribution is 2.26. The summed E-state index contributed by atoms with van der Waals surface area (Å²) in [6, 6.07) is 17.3. The average molecular weight is 426 g/mol. The molecule has 1 saturated heterocycles. The number of ether oxygens (including phenoxy) is 3. The summed E-state index contributed by atoms with van der Waals surface area (Å²) < 4.78 is 16.9. The van der Waals surface area contributed by atoms with Crippen LogP contribution in [0.25, 0.3) is 0 Å². The fourth-order valence-electron chi connectivity index (χ4n) is 3.50. The molecule has 6 heteroatoms. The van der Waals surface area contributed by atoms with E-state index in [1.807, 2.05) is 82.3 Å². The summed E-state index contributed by atoms with van der Waals surface area (Å²) in [5, 5.41) is 2.90. The first-order valence-electron chi connectivity index (χ1n) is 10.7. The third kappa shape index (κ3) is 7.02. The summed E-state index contributed by atoms with van der Waals surface area (Å²) in [5.74, 6) is 0.323. The van der Waals surface area contributed by atoms with E-state index in [0.717, 1.165) is 16.9 Å². The summed E-state index contributed by atoms with van der Waals surface area (Å²) in [6.45, 7) is 7.75. The quantitative estimate of drug-likeness (QED) is 0.654. The van der Waals surface area contributed by atoms with Gasteiger partial charge in [-0.05, 0) is 56.9 Å². The fourth-order valence-corrected chi connectivity index (χ4v) is 3.50. The van der Waals surface area contributed by atoms with Gasteiger partial charge in [-0.3, -0.25) is 4.79 Å². The van der Waals surface area contributed by atoms with Crippen LogP contribution in [0.15, 0.2) is 54.6 Å². The molecule has 2 aromatic carbocycles. The van der Waals surface area contributed by atoms with Crippen LogP contribution < -0.4 is 10.1 Å². The van der Waals surface area contributed by atoms with Crippen molar-refractivity contribution in [1.29, 1.82) is 0 Å². The largest absolute Gasteiger partial charge is 0.489 e. The van der Waals surface area contributed by atoms with Crippen molar-refractivity contribution in [2.45, 2.75) is 64.9 Å². The molecule has 0 aliphatic carbocycles. The van der Waals surface area contributed by atoms with Crippen LogP contribution >= 0.6 is 0 Å². The standard InChI is InChI=1S/C25H31NO5/c1-17-13-22(30-23(17)27)21(26-24(28)31-25(2,3)4)15-19-11-8-12-20(14-19)29-16-18-9-6-5-7-10-18/h5-12,14,17,21-22H,13,15-16H2,1-4H3,(H,26,28). The van der Waals surface area contributed by atoms with Crippen molar-refractivity contribution in [3.63, 3.8) is 0 Å². The van der Waals surface area contributed by atoms with E-state index in [4.69, 9.17) is 14.2 Å². The Balaban J connectivity index is 1.69. The van der Waals surface area contributed by atoms with Gasteiger partial charge < -0.3 is 19.5 Å². The van der Waals surface area contributed by atoms with Gasteiger partial charge in [0.15, 0.2) is 0 Å². The Hall–Kier alpha value is -3.02. The number of carbonyl (C=O) groups excluding carboxylic acids is 2. The first kappa shape index (κ1) is 22.7. The number of carbonyl (C=O) groups is 2. The zero-order valence-corrected chi connectivity index (χ0v) is 18.6. The SMILES string of the molecule is CC1CC(C(Cc2cccc(OCc3ccccc3)c2)NC(=O)OC(C)(C)C)OC1=O. The Morgan fingerprint density at radius 1 is 1.13 bits per heavy atom. The number of cyclic esters (lactones) is 1. The Morgan fingerprint density at radius 3 is 2.48 bits per heavy atom. The molecule has 6 nitrogen and oxygen atoms in total. The molecule has 3 atom stereocenters. The number of esters is 1. The van der Waals surface area contributed by atoms with E-state index < -0.39 is 23.8 Å². The van der Waals surface area contributed by atoms with Crippen molar-refractivity contribution in [1.82, 2.24) is 5.32 Å². The van der Waals surface area contributed by atoms with E-state index in [2.05, 4.69) is 5.32 Å². The molecule has 3 rings (SSSR count). The van der Waals surface area contributed by atoms with Crippen molar-refractivity contribution in [2.75, 3.05) is 0 Å². The van der Waals surface area contributed by atoms with Gasteiger partial charge >= 0.3 is 12.1 Å². The molecule has 0 spiro atoms. The first-order valence-corrected chi connectivity index (χ1v) is 10.7. The number of amides is 1. The summed E-state index contributed by atoms with van der Waals surface area (Å²) in [6.07, 6.45) is 0.129. The van der Waals surface area contributed by atoms with Gasteiger partial charge in [-0.1, -0.05) is 49.4 Å². The Labute approximate surface area is 183 Å². The van der Waals surface area contributed by atoms with Crippen LogP contribution in [0.5, 0.6) is 5.75 Å². The second kappa shape index (κ2) is 9.86. The molecule has 0 radical (unpaired) electrons. The van der Waals surface area contributed by atoms with Crippen LogP contribution in [0.3, 0.4) is 0 Å².